The van der Waals surface area contributed by atoms with Gasteiger partial charge in [0.05, 0.1) is 6.61 Å². The van der Waals surface area contributed by atoms with Gasteiger partial charge in [0, 0.05) is 12.6 Å². The molecule has 1 aromatic carbocycles. The number of rotatable bonds is 9. The van der Waals surface area contributed by atoms with Crippen molar-refractivity contribution < 1.29 is 14.3 Å². The van der Waals surface area contributed by atoms with E-state index in [-0.39, 0.29) is 31.0 Å². The van der Waals surface area contributed by atoms with Crippen molar-refractivity contribution in [3.8, 4) is 11.5 Å². The van der Waals surface area contributed by atoms with E-state index < -0.39 is 0 Å². The fraction of sp³-hybridized carbons (Fsp3) is 0.533. The molecular formula is C15H25ClN2O3. The molecule has 2 N–H and O–H groups in total. The van der Waals surface area contributed by atoms with Crippen molar-refractivity contribution in [1.29, 1.82) is 0 Å². The Balaban J connectivity index is 0.00000400. The van der Waals surface area contributed by atoms with Crippen molar-refractivity contribution in [2.45, 2.75) is 26.8 Å². The van der Waals surface area contributed by atoms with Crippen molar-refractivity contribution in [3.63, 3.8) is 0 Å². The molecule has 0 unspecified atom stereocenters. The molecule has 5 nitrogen and oxygen atoms in total. The first-order valence-electron chi connectivity index (χ1n) is 7.01. The van der Waals surface area contributed by atoms with E-state index in [1.165, 1.54) is 0 Å². The van der Waals surface area contributed by atoms with E-state index >= 15 is 0 Å². The second kappa shape index (κ2) is 11.2. The van der Waals surface area contributed by atoms with Gasteiger partial charge in [0.1, 0.15) is 11.5 Å². The first kappa shape index (κ1) is 19.5. The van der Waals surface area contributed by atoms with Crippen LogP contribution in [0.5, 0.6) is 11.5 Å². The van der Waals surface area contributed by atoms with Crippen LogP contribution in [0.1, 0.15) is 20.8 Å². The van der Waals surface area contributed by atoms with Gasteiger partial charge in [0.25, 0.3) is 5.91 Å². The summed E-state index contributed by atoms with van der Waals surface area (Å²) in [5.74, 6) is 1.33. The van der Waals surface area contributed by atoms with Gasteiger partial charge in [-0.25, -0.2) is 0 Å². The highest BCUT2D eigenvalue weighted by Gasteiger charge is 2.05. The highest BCUT2D eigenvalue weighted by molar-refractivity contribution is 5.85. The minimum Gasteiger partial charge on any atom is -0.494 e. The van der Waals surface area contributed by atoms with E-state index in [4.69, 9.17) is 9.47 Å². The number of ether oxygens (including phenoxy) is 2. The zero-order chi connectivity index (χ0) is 14.8. The maximum absolute atomic E-state index is 11.6. The number of likely N-dealkylation sites (N-methyl/N-ethyl adjacent to an activating group) is 1. The zero-order valence-corrected chi connectivity index (χ0v) is 13.7. The minimum atomic E-state index is -0.122. The molecule has 0 bridgehead atoms. The van der Waals surface area contributed by atoms with Crippen molar-refractivity contribution in [2.75, 3.05) is 26.3 Å². The average molecular weight is 317 g/mol. The molecule has 0 fully saturated rings. The van der Waals surface area contributed by atoms with Gasteiger partial charge in [0.15, 0.2) is 6.61 Å². The van der Waals surface area contributed by atoms with Crippen LogP contribution in [0.25, 0.3) is 0 Å². The van der Waals surface area contributed by atoms with Gasteiger partial charge in [-0.3, -0.25) is 4.79 Å². The molecule has 0 radical (unpaired) electrons. The Bertz CT molecular complexity index is 398. The van der Waals surface area contributed by atoms with Crippen LogP contribution in [0.15, 0.2) is 24.3 Å². The standard InChI is InChI=1S/C15H24N2O3.ClH/c1-4-16-12(3)10-17-15(18)11-20-14-8-6-13(7-9-14)19-5-2;/h6-9,12,16H,4-5,10-11H2,1-3H3,(H,17,18);1H/t12-;/m1./s1. The molecule has 1 rings (SSSR count). The molecular weight excluding hydrogens is 292 g/mol. The SMILES string of the molecule is CCN[C@H](C)CNC(=O)COc1ccc(OCC)cc1.Cl. The predicted octanol–water partition coefficient (Wildman–Crippen LogP) is 2.00. The summed E-state index contributed by atoms with van der Waals surface area (Å²) in [4.78, 5) is 11.6. The lowest BCUT2D eigenvalue weighted by Crippen LogP contribution is -2.40. The van der Waals surface area contributed by atoms with Crippen LogP contribution in [0.3, 0.4) is 0 Å². The van der Waals surface area contributed by atoms with Crippen LogP contribution in [-0.4, -0.2) is 38.3 Å². The summed E-state index contributed by atoms with van der Waals surface area (Å²) >= 11 is 0. The molecule has 1 amide bonds. The van der Waals surface area contributed by atoms with Crippen LogP contribution in [-0.2, 0) is 4.79 Å². The van der Waals surface area contributed by atoms with Crippen LogP contribution >= 0.6 is 12.4 Å². The maximum Gasteiger partial charge on any atom is 0.257 e. The third-order valence-corrected chi connectivity index (χ3v) is 2.66. The summed E-state index contributed by atoms with van der Waals surface area (Å²) in [5, 5.41) is 6.04. The number of benzene rings is 1. The zero-order valence-electron chi connectivity index (χ0n) is 12.8. The summed E-state index contributed by atoms with van der Waals surface area (Å²) in [6.45, 7) is 8.13. The van der Waals surface area contributed by atoms with E-state index in [2.05, 4.69) is 10.6 Å². The Labute approximate surface area is 132 Å². The molecule has 0 heterocycles. The van der Waals surface area contributed by atoms with Gasteiger partial charge in [-0.05, 0) is 44.7 Å². The number of hydrogen-bond donors (Lipinski definition) is 2. The molecule has 0 aliphatic rings. The average Bonchev–Trinajstić information content (AvgIpc) is 2.45. The number of halogens is 1. The number of amides is 1. The summed E-state index contributed by atoms with van der Waals surface area (Å²) < 4.78 is 10.7. The van der Waals surface area contributed by atoms with Gasteiger partial charge in [0.2, 0.25) is 0 Å². The fourth-order valence-electron chi connectivity index (χ4n) is 1.69. The first-order valence-corrected chi connectivity index (χ1v) is 7.01. The Hall–Kier alpha value is -1.46. The van der Waals surface area contributed by atoms with Crippen molar-refractivity contribution in [1.82, 2.24) is 10.6 Å². The number of hydrogen-bond acceptors (Lipinski definition) is 4. The van der Waals surface area contributed by atoms with Crippen LogP contribution in [0, 0.1) is 0 Å². The van der Waals surface area contributed by atoms with Crippen molar-refractivity contribution in [3.05, 3.63) is 24.3 Å². The van der Waals surface area contributed by atoms with Crippen molar-refractivity contribution >= 4 is 18.3 Å². The van der Waals surface area contributed by atoms with E-state index in [0.717, 1.165) is 12.3 Å². The maximum atomic E-state index is 11.6. The molecule has 120 valence electrons. The molecule has 0 aliphatic heterocycles. The van der Waals surface area contributed by atoms with Crippen LogP contribution < -0.4 is 20.1 Å². The third kappa shape index (κ3) is 8.42. The Kier molecular flexibility index (Phi) is 10.4. The highest BCUT2D eigenvalue weighted by atomic mass is 35.5. The molecule has 0 spiro atoms. The Morgan fingerprint density at radius 1 is 1.14 bits per heavy atom. The Morgan fingerprint density at radius 2 is 1.71 bits per heavy atom. The molecule has 1 aromatic rings. The highest BCUT2D eigenvalue weighted by Crippen LogP contribution is 2.17. The quantitative estimate of drug-likeness (QED) is 0.731. The van der Waals surface area contributed by atoms with E-state index in [1.54, 1.807) is 12.1 Å². The van der Waals surface area contributed by atoms with Gasteiger partial charge < -0.3 is 20.1 Å². The molecule has 6 heteroatoms. The summed E-state index contributed by atoms with van der Waals surface area (Å²) in [5.41, 5.74) is 0. The van der Waals surface area contributed by atoms with E-state index in [1.807, 2.05) is 32.9 Å². The summed E-state index contributed by atoms with van der Waals surface area (Å²) in [6, 6.07) is 7.49. The fourth-order valence-corrected chi connectivity index (χ4v) is 1.69. The molecule has 0 aromatic heterocycles. The second-order valence-corrected chi connectivity index (χ2v) is 4.46. The first-order chi connectivity index (χ1) is 9.65. The van der Waals surface area contributed by atoms with E-state index in [9.17, 15) is 4.79 Å². The molecule has 1 atom stereocenters. The van der Waals surface area contributed by atoms with Crippen LogP contribution in [0.4, 0.5) is 0 Å². The molecule has 0 aliphatic carbocycles. The minimum absolute atomic E-state index is 0. The lowest BCUT2D eigenvalue weighted by molar-refractivity contribution is -0.123. The molecule has 0 saturated carbocycles. The van der Waals surface area contributed by atoms with Gasteiger partial charge in [-0.1, -0.05) is 6.92 Å². The Morgan fingerprint density at radius 3 is 2.24 bits per heavy atom. The van der Waals surface area contributed by atoms with Gasteiger partial charge in [-0.15, -0.1) is 12.4 Å². The second-order valence-electron chi connectivity index (χ2n) is 4.46. The lowest BCUT2D eigenvalue weighted by Gasteiger charge is -2.13. The summed E-state index contributed by atoms with van der Waals surface area (Å²) in [7, 11) is 0. The largest absolute Gasteiger partial charge is 0.494 e. The third-order valence-electron chi connectivity index (χ3n) is 2.66. The molecule has 0 saturated heterocycles. The van der Waals surface area contributed by atoms with Gasteiger partial charge >= 0.3 is 0 Å². The monoisotopic (exact) mass is 316 g/mol. The van der Waals surface area contributed by atoms with Crippen molar-refractivity contribution in [2.24, 2.45) is 0 Å². The predicted molar refractivity (Wildman–Crippen MR) is 86.5 cm³/mol. The summed E-state index contributed by atoms with van der Waals surface area (Å²) in [6.07, 6.45) is 0. The van der Waals surface area contributed by atoms with Crippen LogP contribution in [0.2, 0.25) is 0 Å². The normalized spacial score (nSPS) is 11.2. The smallest absolute Gasteiger partial charge is 0.257 e. The van der Waals surface area contributed by atoms with E-state index in [0.29, 0.717) is 18.9 Å². The topological polar surface area (TPSA) is 59.6 Å². The number of carbonyl (C=O) groups is 1. The lowest BCUT2D eigenvalue weighted by atomic mass is 10.3. The number of carbonyl (C=O) groups excluding carboxylic acids is 1. The number of nitrogens with one attached hydrogen (secondary N) is 2. The van der Waals surface area contributed by atoms with Gasteiger partial charge in [-0.2, -0.15) is 0 Å². The molecule has 21 heavy (non-hydrogen) atoms.